The Balaban J connectivity index is 2.97. The maximum Gasteiger partial charge on any atom is 0.278 e. The van der Waals surface area contributed by atoms with Crippen LogP contribution in [0.1, 0.15) is 5.56 Å². The first-order valence-electron chi connectivity index (χ1n) is 4.51. The van der Waals surface area contributed by atoms with Gasteiger partial charge in [-0.25, -0.2) is 0 Å². The van der Waals surface area contributed by atoms with E-state index in [1.165, 1.54) is 6.07 Å². The number of fused-ring (bicyclic) bond motifs is 1. The molecule has 0 fully saturated rings. The molecule has 0 amide bonds. The topological polar surface area (TPSA) is 92.9 Å². The minimum atomic E-state index is -0.511. The van der Waals surface area contributed by atoms with Crippen LogP contribution in [-0.4, -0.2) is 4.92 Å². The van der Waals surface area contributed by atoms with E-state index in [0.717, 1.165) is 0 Å². The van der Waals surface area contributed by atoms with Crippen LogP contribution < -0.4 is 5.73 Å². The molecule has 2 aromatic carbocycles. The van der Waals surface area contributed by atoms with Crippen LogP contribution in [0.2, 0.25) is 0 Å². The number of nitro groups is 1. The fourth-order valence-corrected chi connectivity index (χ4v) is 1.62. The Morgan fingerprint density at radius 3 is 2.50 bits per heavy atom. The highest BCUT2D eigenvalue weighted by Gasteiger charge is 2.16. The highest BCUT2D eigenvalue weighted by atomic mass is 16.6. The van der Waals surface area contributed by atoms with E-state index in [2.05, 4.69) is 0 Å². The minimum absolute atomic E-state index is 0.0960. The van der Waals surface area contributed by atoms with E-state index in [0.29, 0.717) is 10.8 Å². The zero-order valence-corrected chi connectivity index (χ0v) is 8.18. The molecule has 0 unspecified atom stereocenters. The summed E-state index contributed by atoms with van der Waals surface area (Å²) in [6, 6.07) is 9.76. The van der Waals surface area contributed by atoms with Gasteiger partial charge < -0.3 is 5.73 Å². The van der Waals surface area contributed by atoms with Gasteiger partial charge in [0.1, 0.15) is 6.07 Å². The number of hydrogen-bond acceptors (Lipinski definition) is 4. The van der Waals surface area contributed by atoms with Crippen molar-refractivity contribution in [3.63, 3.8) is 0 Å². The van der Waals surface area contributed by atoms with E-state index in [-0.39, 0.29) is 16.9 Å². The number of non-ortho nitro benzene ring substituents is 1. The summed E-state index contributed by atoms with van der Waals surface area (Å²) < 4.78 is 0. The van der Waals surface area contributed by atoms with Crippen LogP contribution in [0.4, 0.5) is 11.4 Å². The molecule has 2 rings (SSSR count). The molecule has 16 heavy (non-hydrogen) atoms. The summed E-state index contributed by atoms with van der Waals surface area (Å²) in [5, 5.41) is 20.7. The Morgan fingerprint density at radius 1 is 1.31 bits per heavy atom. The number of nitro benzene ring substituents is 1. The second kappa shape index (κ2) is 3.51. The van der Waals surface area contributed by atoms with Gasteiger partial charge in [-0.2, -0.15) is 5.26 Å². The van der Waals surface area contributed by atoms with Gasteiger partial charge in [-0.3, -0.25) is 10.1 Å². The quantitative estimate of drug-likeness (QED) is 0.446. The molecule has 0 heterocycles. The molecular weight excluding hydrogens is 206 g/mol. The number of nitrogen functional groups attached to an aromatic ring is 1. The SMILES string of the molecule is N#Cc1cc([N+](=O)[O-])c2ccccc2c1N. The summed E-state index contributed by atoms with van der Waals surface area (Å²) in [7, 11) is 0. The molecule has 5 nitrogen and oxygen atoms in total. The lowest BCUT2D eigenvalue weighted by Crippen LogP contribution is -1.96. The molecular formula is C11H7N3O2. The molecule has 5 heteroatoms. The summed E-state index contributed by atoms with van der Waals surface area (Å²) in [4.78, 5) is 10.3. The van der Waals surface area contributed by atoms with Crippen molar-refractivity contribution in [2.24, 2.45) is 0 Å². The van der Waals surface area contributed by atoms with Crippen molar-refractivity contribution >= 4 is 22.1 Å². The van der Waals surface area contributed by atoms with E-state index < -0.39 is 4.92 Å². The molecule has 0 aliphatic carbocycles. The van der Waals surface area contributed by atoms with Gasteiger partial charge in [0, 0.05) is 11.5 Å². The van der Waals surface area contributed by atoms with E-state index in [1.54, 1.807) is 24.3 Å². The van der Waals surface area contributed by atoms with E-state index >= 15 is 0 Å². The van der Waals surface area contributed by atoms with Gasteiger partial charge in [0.2, 0.25) is 0 Å². The number of rotatable bonds is 1. The van der Waals surface area contributed by atoms with E-state index in [4.69, 9.17) is 11.0 Å². The Labute approximate surface area is 90.9 Å². The van der Waals surface area contributed by atoms with Gasteiger partial charge in [-0.05, 0) is 6.07 Å². The van der Waals surface area contributed by atoms with Gasteiger partial charge in [0.25, 0.3) is 5.69 Å². The first kappa shape index (κ1) is 9.93. The third kappa shape index (κ3) is 1.33. The van der Waals surface area contributed by atoms with Crippen molar-refractivity contribution in [1.82, 2.24) is 0 Å². The number of nitriles is 1. The van der Waals surface area contributed by atoms with Crippen molar-refractivity contribution in [2.45, 2.75) is 0 Å². The molecule has 2 aromatic rings. The maximum atomic E-state index is 10.8. The molecule has 78 valence electrons. The molecule has 0 bridgehead atoms. The van der Waals surface area contributed by atoms with Crippen LogP contribution in [0.3, 0.4) is 0 Å². The lowest BCUT2D eigenvalue weighted by Gasteiger charge is -2.04. The summed E-state index contributed by atoms with van der Waals surface area (Å²) in [6.07, 6.45) is 0. The molecule has 0 saturated carbocycles. The van der Waals surface area contributed by atoms with Crippen LogP contribution in [0.5, 0.6) is 0 Å². The van der Waals surface area contributed by atoms with Gasteiger partial charge in [-0.1, -0.05) is 18.2 Å². The van der Waals surface area contributed by atoms with E-state index in [1.807, 2.05) is 6.07 Å². The number of benzene rings is 2. The molecule has 0 aliphatic rings. The standard InChI is InChI=1S/C11H7N3O2/c12-6-7-5-10(14(15)16)8-3-1-2-4-9(8)11(7)13/h1-5H,13H2. The molecule has 0 spiro atoms. The summed E-state index contributed by atoms with van der Waals surface area (Å²) >= 11 is 0. The number of nitrogens with two attached hydrogens (primary N) is 1. The Morgan fingerprint density at radius 2 is 1.94 bits per heavy atom. The Hall–Kier alpha value is -2.61. The second-order valence-corrected chi connectivity index (χ2v) is 3.27. The zero-order chi connectivity index (χ0) is 11.7. The largest absolute Gasteiger partial charge is 0.397 e. The highest BCUT2D eigenvalue weighted by molar-refractivity contribution is 6.01. The first-order valence-corrected chi connectivity index (χ1v) is 4.51. The van der Waals surface area contributed by atoms with Gasteiger partial charge in [0.05, 0.1) is 21.6 Å². The van der Waals surface area contributed by atoms with Crippen molar-refractivity contribution in [3.8, 4) is 6.07 Å². The minimum Gasteiger partial charge on any atom is -0.397 e. The molecule has 0 atom stereocenters. The number of nitrogens with zero attached hydrogens (tertiary/aromatic N) is 2. The fraction of sp³-hybridized carbons (Fsp3) is 0. The predicted molar refractivity (Wildman–Crippen MR) is 59.7 cm³/mol. The first-order chi connectivity index (χ1) is 7.65. The van der Waals surface area contributed by atoms with Crippen LogP contribution in [0, 0.1) is 21.4 Å². The van der Waals surface area contributed by atoms with Crippen molar-refractivity contribution in [2.75, 3.05) is 5.73 Å². The van der Waals surface area contributed by atoms with Crippen molar-refractivity contribution in [3.05, 3.63) is 46.0 Å². The third-order valence-corrected chi connectivity index (χ3v) is 2.38. The third-order valence-electron chi connectivity index (χ3n) is 2.38. The van der Waals surface area contributed by atoms with Gasteiger partial charge in [0.15, 0.2) is 0 Å². The normalized spacial score (nSPS) is 9.94. The lowest BCUT2D eigenvalue weighted by molar-refractivity contribution is -0.383. The average molecular weight is 213 g/mol. The Kier molecular flexibility index (Phi) is 2.18. The molecule has 0 radical (unpaired) electrons. The summed E-state index contributed by atoms with van der Waals surface area (Å²) in [5.41, 5.74) is 6.07. The Bertz CT molecular complexity index is 629. The predicted octanol–water partition coefficient (Wildman–Crippen LogP) is 2.20. The fourth-order valence-electron chi connectivity index (χ4n) is 1.62. The van der Waals surface area contributed by atoms with Crippen LogP contribution in [0.15, 0.2) is 30.3 Å². The molecule has 2 N–H and O–H groups in total. The van der Waals surface area contributed by atoms with Gasteiger partial charge in [-0.15, -0.1) is 0 Å². The zero-order valence-electron chi connectivity index (χ0n) is 8.18. The van der Waals surface area contributed by atoms with E-state index in [9.17, 15) is 10.1 Å². The number of hydrogen-bond donors (Lipinski definition) is 1. The smallest absolute Gasteiger partial charge is 0.278 e. The second-order valence-electron chi connectivity index (χ2n) is 3.27. The summed E-state index contributed by atoms with van der Waals surface area (Å²) in [5.74, 6) is 0. The van der Waals surface area contributed by atoms with Gasteiger partial charge >= 0.3 is 0 Å². The summed E-state index contributed by atoms with van der Waals surface area (Å²) in [6.45, 7) is 0. The van der Waals surface area contributed by atoms with Crippen LogP contribution >= 0.6 is 0 Å². The monoisotopic (exact) mass is 213 g/mol. The lowest BCUT2D eigenvalue weighted by atomic mass is 10.0. The molecule has 0 aromatic heterocycles. The molecule has 0 aliphatic heterocycles. The van der Waals surface area contributed by atoms with Crippen molar-refractivity contribution in [1.29, 1.82) is 5.26 Å². The average Bonchev–Trinajstić information content (AvgIpc) is 2.29. The number of anilines is 1. The van der Waals surface area contributed by atoms with Crippen LogP contribution in [-0.2, 0) is 0 Å². The highest BCUT2D eigenvalue weighted by Crippen LogP contribution is 2.32. The van der Waals surface area contributed by atoms with Crippen LogP contribution in [0.25, 0.3) is 10.8 Å². The molecule has 0 saturated heterocycles. The maximum absolute atomic E-state index is 10.8. The van der Waals surface area contributed by atoms with Crippen molar-refractivity contribution < 1.29 is 4.92 Å².